The van der Waals surface area contributed by atoms with Crippen molar-refractivity contribution in [3.63, 3.8) is 0 Å². The van der Waals surface area contributed by atoms with Crippen LogP contribution >= 0.6 is 11.8 Å². The summed E-state index contributed by atoms with van der Waals surface area (Å²) < 4.78 is 0. The second-order valence-corrected chi connectivity index (χ2v) is 9.86. The molecule has 0 atom stereocenters. The maximum absolute atomic E-state index is 13.0. The van der Waals surface area contributed by atoms with E-state index in [1.807, 2.05) is 54.6 Å². The van der Waals surface area contributed by atoms with Gasteiger partial charge in [-0.1, -0.05) is 49.9 Å². The Kier molecular flexibility index (Phi) is 7.00. The van der Waals surface area contributed by atoms with Crippen LogP contribution < -0.4 is 10.6 Å². The third kappa shape index (κ3) is 5.70. The first kappa shape index (κ1) is 24.3. The van der Waals surface area contributed by atoms with Gasteiger partial charge in [-0.05, 0) is 66.6 Å². The van der Waals surface area contributed by atoms with Crippen molar-refractivity contribution < 1.29 is 9.90 Å². The number of fused-ring (bicyclic) bond motifs is 1. The predicted octanol–water partition coefficient (Wildman–Crippen LogP) is 7.00. The first-order valence-corrected chi connectivity index (χ1v) is 12.6. The first-order chi connectivity index (χ1) is 18.0. The zero-order valence-electron chi connectivity index (χ0n) is 20.3. The van der Waals surface area contributed by atoms with Crippen LogP contribution in [0.1, 0.15) is 35.8 Å². The summed E-state index contributed by atoms with van der Waals surface area (Å²) in [5, 5.41) is 17.0. The standard InChI is InChI=1S/C29H25N5O2S/c1-18(2)24-13-12-23-27(33-24)30-17-31-28(23)34-25-15-19(29(36)32-20-7-4-3-5-8-20)11-14-26(25)37-22-10-6-9-21(35)16-22/h3-18,35H,1-2H3,(H,32,36)(H,30,31,33,34). The van der Waals surface area contributed by atoms with E-state index in [4.69, 9.17) is 0 Å². The van der Waals surface area contributed by atoms with Crippen LogP contribution in [0.15, 0.2) is 101 Å². The molecule has 0 aliphatic rings. The van der Waals surface area contributed by atoms with Crippen molar-refractivity contribution in [3.8, 4) is 5.75 Å². The van der Waals surface area contributed by atoms with Crippen LogP contribution in [0.4, 0.5) is 17.2 Å². The Morgan fingerprint density at radius 3 is 2.54 bits per heavy atom. The van der Waals surface area contributed by atoms with E-state index in [1.165, 1.54) is 18.1 Å². The van der Waals surface area contributed by atoms with E-state index >= 15 is 0 Å². The number of aromatic hydroxyl groups is 1. The first-order valence-electron chi connectivity index (χ1n) is 11.8. The molecule has 0 spiro atoms. The van der Waals surface area contributed by atoms with Gasteiger partial charge in [0.2, 0.25) is 0 Å². The number of para-hydroxylation sites is 1. The number of hydrogen-bond acceptors (Lipinski definition) is 7. The fraction of sp³-hybridized carbons (Fsp3) is 0.103. The van der Waals surface area contributed by atoms with E-state index in [-0.39, 0.29) is 17.6 Å². The lowest BCUT2D eigenvalue weighted by molar-refractivity contribution is 0.102. The van der Waals surface area contributed by atoms with E-state index in [2.05, 4.69) is 39.4 Å². The number of nitrogens with zero attached hydrogens (tertiary/aromatic N) is 3. The zero-order valence-corrected chi connectivity index (χ0v) is 21.2. The molecule has 0 unspecified atom stereocenters. The third-order valence-electron chi connectivity index (χ3n) is 5.68. The summed E-state index contributed by atoms with van der Waals surface area (Å²) in [5.74, 6) is 0.832. The van der Waals surface area contributed by atoms with E-state index < -0.39 is 0 Å². The van der Waals surface area contributed by atoms with Gasteiger partial charge < -0.3 is 15.7 Å². The molecule has 8 heteroatoms. The Morgan fingerprint density at radius 1 is 0.919 bits per heavy atom. The van der Waals surface area contributed by atoms with Gasteiger partial charge in [0.25, 0.3) is 5.91 Å². The van der Waals surface area contributed by atoms with E-state index in [9.17, 15) is 9.90 Å². The number of anilines is 3. The minimum Gasteiger partial charge on any atom is -0.508 e. The molecule has 0 saturated carbocycles. The van der Waals surface area contributed by atoms with Crippen molar-refractivity contribution in [2.24, 2.45) is 0 Å². The Balaban J connectivity index is 1.53. The lowest BCUT2D eigenvalue weighted by atomic mass is 10.1. The quantitative estimate of drug-likeness (QED) is 0.218. The van der Waals surface area contributed by atoms with E-state index in [0.29, 0.717) is 28.4 Å². The summed E-state index contributed by atoms with van der Waals surface area (Å²) >= 11 is 1.47. The fourth-order valence-corrected chi connectivity index (χ4v) is 4.70. The summed E-state index contributed by atoms with van der Waals surface area (Å²) in [6.07, 6.45) is 1.48. The summed E-state index contributed by atoms with van der Waals surface area (Å²) in [7, 11) is 0. The van der Waals surface area contributed by atoms with Gasteiger partial charge in [0.15, 0.2) is 5.65 Å². The topological polar surface area (TPSA) is 100 Å². The Hall–Kier alpha value is -4.43. The number of benzene rings is 3. The molecule has 3 N–H and O–H groups in total. The van der Waals surface area contributed by atoms with Crippen LogP contribution in [0.3, 0.4) is 0 Å². The highest BCUT2D eigenvalue weighted by atomic mass is 32.2. The van der Waals surface area contributed by atoms with Crippen LogP contribution in [0, 0.1) is 0 Å². The van der Waals surface area contributed by atoms with Crippen LogP contribution in [0.25, 0.3) is 11.0 Å². The van der Waals surface area contributed by atoms with Gasteiger partial charge >= 0.3 is 0 Å². The second-order valence-electron chi connectivity index (χ2n) is 8.74. The molecule has 0 bridgehead atoms. The van der Waals surface area contributed by atoms with Gasteiger partial charge in [-0.2, -0.15) is 0 Å². The van der Waals surface area contributed by atoms with Crippen molar-refractivity contribution in [1.29, 1.82) is 0 Å². The lowest BCUT2D eigenvalue weighted by Gasteiger charge is -2.15. The molecule has 3 aromatic carbocycles. The number of rotatable bonds is 7. The van der Waals surface area contributed by atoms with Gasteiger partial charge in [0.05, 0.1) is 11.1 Å². The smallest absolute Gasteiger partial charge is 0.255 e. The molecule has 37 heavy (non-hydrogen) atoms. The largest absolute Gasteiger partial charge is 0.508 e. The van der Waals surface area contributed by atoms with Crippen LogP contribution in [-0.4, -0.2) is 26.0 Å². The van der Waals surface area contributed by atoms with Crippen molar-refractivity contribution in [2.75, 3.05) is 10.6 Å². The van der Waals surface area contributed by atoms with Gasteiger partial charge in [0.1, 0.15) is 17.9 Å². The summed E-state index contributed by atoms with van der Waals surface area (Å²) in [6, 6.07) is 25.8. The van der Waals surface area contributed by atoms with Gasteiger partial charge in [-0.15, -0.1) is 0 Å². The molecule has 2 heterocycles. The minimum absolute atomic E-state index is 0.187. The number of carbonyl (C=O) groups excluding carboxylic acids is 1. The number of hydrogen-bond donors (Lipinski definition) is 3. The monoisotopic (exact) mass is 507 g/mol. The van der Waals surface area contributed by atoms with Gasteiger partial charge in [-0.3, -0.25) is 4.79 Å². The zero-order chi connectivity index (χ0) is 25.8. The molecule has 5 rings (SSSR count). The molecule has 7 nitrogen and oxygen atoms in total. The van der Waals surface area contributed by atoms with E-state index in [1.54, 1.807) is 30.3 Å². The molecule has 0 radical (unpaired) electrons. The number of carbonyl (C=O) groups is 1. The van der Waals surface area contributed by atoms with Crippen LogP contribution in [0.2, 0.25) is 0 Å². The maximum atomic E-state index is 13.0. The number of pyridine rings is 1. The molecule has 1 amide bonds. The summed E-state index contributed by atoms with van der Waals surface area (Å²) in [4.78, 5) is 28.3. The lowest BCUT2D eigenvalue weighted by Crippen LogP contribution is -2.12. The predicted molar refractivity (Wildman–Crippen MR) is 148 cm³/mol. The molecular weight excluding hydrogens is 482 g/mol. The number of phenolic OH excluding ortho intramolecular Hbond substituents is 1. The number of nitrogens with one attached hydrogen (secondary N) is 2. The van der Waals surface area contributed by atoms with Gasteiger partial charge in [-0.25, -0.2) is 15.0 Å². The Bertz CT molecular complexity index is 1570. The fourth-order valence-electron chi connectivity index (χ4n) is 3.76. The Labute approximate surface area is 219 Å². The third-order valence-corrected chi connectivity index (χ3v) is 6.75. The molecule has 5 aromatic rings. The number of amides is 1. The molecule has 0 fully saturated rings. The highest BCUT2D eigenvalue weighted by Gasteiger charge is 2.15. The molecular formula is C29H25N5O2S. The molecule has 0 saturated heterocycles. The summed E-state index contributed by atoms with van der Waals surface area (Å²) in [5.41, 5.74) is 3.46. The highest BCUT2D eigenvalue weighted by Crippen LogP contribution is 2.37. The minimum atomic E-state index is -0.223. The van der Waals surface area contributed by atoms with Crippen molar-refractivity contribution in [2.45, 2.75) is 29.6 Å². The summed E-state index contributed by atoms with van der Waals surface area (Å²) in [6.45, 7) is 4.18. The normalized spacial score (nSPS) is 11.0. The van der Waals surface area contributed by atoms with Crippen LogP contribution in [0.5, 0.6) is 5.75 Å². The average Bonchev–Trinajstić information content (AvgIpc) is 2.90. The molecule has 0 aliphatic carbocycles. The van der Waals surface area contributed by atoms with Crippen molar-refractivity contribution >= 4 is 45.9 Å². The molecule has 2 aromatic heterocycles. The number of aromatic nitrogens is 3. The SMILES string of the molecule is CC(C)c1ccc2c(Nc3cc(C(=O)Nc4ccccc4)ccc3Sc3cccc(O)c3)ncnc2n1. The second kappa shape index (κ2) is 10.7. The van der Waals surface area contributed by atoms with Crippen LogP contribution in [-0.2, 0) is 0 Å². The van der Waals surface area contributed by atoms with Crippen molar-refractivity contribution in [3.05, 3.63) is 103 Å². The Morgan fingerprint density at radius 2 is 1.76 bits per heavy atom. The van der Waals surface area contributed by atoms with E-state index in [0.717, 1.165) is 20.9 Å². The number of phenols is 1. The molecule has 0 aliphatic heterocycles. The highest BCUT2D eigenvalue weighted by molar-refractivity contribution is 7.99. The average molecular weight is 508 g/mol. The van der Waals surface area contributed by atoms with Gasteiger partial charge in [0, 0.05) is 26.7 Å². The maximum Gasteiger partial charge on any atom is 0.255 e. The van der Waals surface area contributed by atoms with Crippen molar-refractivity contribution in [1.82, 2.24) is 15.0 Å². The molecule has 184 valence electrons.